The van der Waals surface area contributed by atoms with Crippen molar-refractivity contribution in [3.8, 4) is 0 Å². The second-order valence-electron chi connectivity index (χ2n) is 7.51. The molecule has 20 heavy (non-hydrogen) atoms. The minimum Gasteiger partial charge on any atom is -0.383 e. The molecule has 0 aromatic carbocycles. The van der Waals surface area contributed by atoms with Gasteiger partial charge in [0.1, 0.15) is 0 Å². The first-order chi connectivity index (χ1) is 9.63. The Morgan fingerprint density at radius 2 is 2.10 bits per heavy atom. The van der Waals surface area contributed by atoms with E-state index in [9.17, 15) is 0 Å². The molecule has 0 amide bonds. The minimum atomic E-state index is 0.495. The van der Waals surface area contributed by atoms with Crippen LogP contribution in [0.5, 0.6) is 0 Å². The van der Waals surface area contributed by atoms with Gasteiger partial charge in [-0.1, -0.05) is 19.8 Å². The zero-order chi connectivity index (χ0) is 14.4. The predicted molar refractivity (Wildman–Crippen MR) is 85.0 cm³/mol. The monoisotopic (exact) mass is 282 g/mol. The topological polar surface area (TPSA) is 24.5 Å². The van der Waals surface area contributed by atoms with Crippen LogP contribution in [0.15, 0.2) is 0 Å². The molecule has 2 atom stereocenters. The van der Waals surface area contributed by atoms with Gasteiger partial charge in [-0.15, -0.1) is 0 Å². The van der Waals surface area contributed by atoms with Gasteiger partial charge in [-0.25, -0.2) is 0 Å². The van der Waals surface area contributed by atoms with Gasteiger partial charge in [-0.05, 0) is 50.0 Å². The molecule has 0 aromatic rings. The van der Waals surface area contributed by atoms with Gasteiger partial charge in [0.15, 0.2) is 0 Å². The van der Waals surface area contributed by atoms with E-state index in [0.717, 1.165) is 31.5 Å². The van der Waals surface area contributed by atoms with Crippen molar-refractivity contribution in [3.63, 3.8) is 0 Å². The first-order valence-electron chi connectivity index (χ1n) is 8.52. The number of rotatable bonds is 9. The molecule has 2 aliphatic rings. The standard InChI is InChI=1S/C17H34N2O/c1-15-5-4-8-17(11-15,13-18-9-10-20-3)14-19(2)12-16-6-7-16/h15-16,18H,4-14H2,1-3H3. The summed E-state index contributed by atoms with van der Waals surface area (Å²) in [5.74, 6) is 1.89. The van der Waals surface area contributed by atoms with E-state index in [4.69, 9.17) is 4.74 Å². The molecular weight excluding hydrogens is 248 g/mol. The normalized spacial score (nSPS) is 30.9. The van der Waals surface area contributed by atoms with E-state index in [1.165, 1.54) is 51.6 Å². The Morgan fingerprint density at radius 3 is 2.75 bits per heavy atom. The van der Waals surface area contributed by atoms with Gasteiger partial charge < -0.3 is 15.0 Å². The molecule has 0 heterocycles. The lowest BCUT2D eigenvalue weighted by Gasteiger charge is -2.43. The highest BCUT2D eigenvalue weighted by molar-refractivity contribution is 4.90. The van der Waals surface area contributed by atoms with Crippen molar-refractivity contribution in [2.75, 3.05) is 46.9 Å². The second-order valence-corrected chi connectivity index (χ2v) is 7.51. The molecular formula is C17H34N2O. The number of methoxy groups -OCH3 is 1. The maximum atomic E-state index is 5.15. The molecule has 118 valence electrons. The number of ether oxygens (including phenoxy) is 1. The minimum absolute atomic E-state index is 0.495. The van der Waals surface area contributed by atoms with Gasteiger partial charge in [-0.2, -0.15) is 0 Å². The molecule has 3 nitrogen and oxygen atoms in total. The van der Waals surface area contributed by atoms with Gasteiger partial charge in [-0.3, -0.25) is 0 Å². The Morgan fingerprint density at radius 1 is 1.30 bits per heavy atom. The first kappa shape index (κ1) is 16.3. The molecule has 0 bridgehead atoms. The van der Waals surface area contributed by atoms with E-state index in [0.29, 0.717) is 5.41 Å². The van der Waals surface area contributed by atoms with Gasteiger partial charge in [0.2, 0.25) is 0 Å². The van der Waals surface area contributed by atoms with Crippen LogP contribution in [0.2, 0.25) is 0 Å². The third-order valence-corrected chi connectivity index (χ3v) is 5.04. The zero-order valence-electron chi connectivity index (χ0n) is 13.8. The van der Waals surface area contributed by atoms with Crippen molar-refractivity contribution in [2.24, 2.45) is 17.3 Å². The van der Waals surface area contributed by atoms with Crippen molar-refractivity contribution >= 4 is 0 Å². The molecule has 2 saturated carbocycles. The maximum absolute atomic E-state index is 5.15. The van der Waals surface area contributed by atoms with E-state index in [2.05, 4.69) is 24.2 Å². The largest absolute Gasteiger partial charge is 0.383 e. The SMILES string of the molecule is COCCNCC1(CN(C)CC2CC2)CCCC(C)C1. The third-order valence-electron chi connectivity index (χ3n) is 5.04. The Kier molecular flexibility index (Phi) is 6.31. The Hall–Kier alpha value is -0.120. The Balaban J connectivity index is 1.84. The predicted octanol–water partition coefficient (Wildman–Crippen LogP) is 2.76. The summed E-state index contributed by atoms with van der Waals surface area (Å²) in [4.78, 5) is 2.60. The fraction of sp³-hybridized carbons (Fsp3) is 1.00. The van der Waals surface area contributed by atoms with Crippen molar-refractivity contribution in [1.82, 2.24) is 10.2 Å². The maximum Gasteiger partial charge on any atom is 0.0587 e. The smallest absolute Gasteiger partial charge is 0.0587 e. The quantitative estimate of drug-likeness (QED) is 0.658. The third kappa shape index (κ3) is 5.34. The van der Waals surface area contributed by atoms with Crippen LogP contribution in [0, 0.1) is 17.3 Å². The summed E-state index contributed by atoms with van der Waals surface area (Å²) in [5.41, 5.74) is 0.495. The molecule has 0 aromatic heterocycles. The lowest BCUT2D eigenvalue weighted by molar-refractivity contribution is 0.0871. The highest BCUT2D eigenvalue weighted by atomic mass is 16.5. The summed E-state index contributed by atoms with van der Waals surface area (Å²) in [5, 5.41) is 3.64. The van der Waals surface area contributed by atoms with Gasteiger partial charge >= 0.3 is 0 Å². The van der Waals surface area contributed by atoms with Crippen LogP contribution in [-0.2, 0) is 4.74 Å². The van der Waals surface area contributed by atoms with Crippen LogP contribution in [-0.4, -0.2) is 51.8 Å². The summed E-state index contributed by atoms with van der Waals surface area (Å²) in [6, 6.07) is 0. The van der Waals surface area contributed by atoms with Gasteiger partial charge in [0.25, 0.3) is 0 Å². The lowest BCUT2D eigenvalue weighted by Crippen LogP contribution is -2.46. The van der Waals surface area contributed by atoms with Crippen molar-refractivity contribution in [2.45, 2.75) is 45.4 Å². The van der Waals surface area contributed by atoms with Crippen LogP contribution in [0.25, 0.3) is 0 Å². The molecule has 0 saturated heterocycles. The fourth-order valence-electron chi connectivity index (χ4n) is 4.04. The van der Waals surface area contributed by atoms with Crippen LogP contribution >= 0.6 is 0 Å². The number of hydrogen-bond acceptors (Lipinski definition) is 3. The summed E-state index contributed by atoms with van der Waals surface area (Å²) >= 11 is 0. The van der Waals surface area contributed by atoms with Gasteiger partial charge in [0.05, 0.1) is 6.61 Å². The van der Waals surface area contributed by atoms with Crippen molar-refractivity contribution in [3.05, 3.63) is 0 Å². The van der Waals surface area contributed by atoms with Crippen LogP contribution in [0.3, 0.4) is 0 Å². The molecule has 0 aliphatic heterocycles. The average Bonchev–Trinajstić information content (AvgIpc) is 3.18. The molecule has 2 aliphatic carbocycles. The number of nitrogens with one attached hydrogen (secondary N) is 1. The highest BCUT2D eigenvalue weighted by Crippen LogP contribution is 2.40. The Labute approximate surface area is 125 Å². The van der Waals surface area contributed by atoms with E-state index >= 15 is 0 Å². The molecule has 2 rings (SSSR count). The summed E-state index contributed by atoms with van der Waals surface area (Å²) in [7, 11) is 4.11. The molecule has 2 fully saturated rings. The second kappa shape index (κ2) is 7.77. The lowest BCUT2D eigenvalue weighted by atomic mass is 9.69. The summed E-state index contributed by atoms with van der Waals surface area (Å²) < 4.78 is 5.15. The van der Waals surface area contributed by atoms with E-state index in [1.54, 1.807) is 7.11 Å². The van der Waals surface area contributed by atoms with Crippen molar-refractivity contribution < 1.29 is 4.74 Å². The molecule has 1 N–H and O–H groups in total. The summed E-state index contributed by atoms with van der Waals surface area (Å²) in [6.07, 6.45) is 8.53. The fourth-order valence-corrected chi connectivity index (χ4v) is 4.04. The van der Waals surface area contributed by atoms with Crippen LogP contribution in [0.1, 0.15) is 45.4 Å². The highest BCUT2D eigenvalue weighted by Gasteiger charge is 2.36. The molecule has 0 radical (unpaired) electrons. The summed E-state index contributed by atoms with van der Waals surface area (Å²) in [6.45, 7) is 7.99. The molecule has 3 heteroatoms. The van der Waals surface area contributed by atoms with Crippen LogP contribution < -0.4 is 5.32 Å². The van der Waals surface area contributed by atoms with Crippen molar-refractivity contribution in [1.29, 1.82) is 0 Å². The molecule has 0 spiro atoms. The van der Waals surface area contributed by atoms with E-state index in [1.807, 2.05) is 0 Å². The van der Waals surface area contributed by atoms with Crippen LogP contribution in [0.4, 0.5) is 0 Å². The Bertz CT molecular complexity index is 280. The van der Waals surface area contributed by atoms with Gasteiger partial charge in [0, 0.05) is 33.3 Å². The number of hydrogen-bond donors (Lipinski definition) is 1. The van der Waals surface area contributed by atoms with E-state index in [-0.39, 0.29) is 0 Å². The zero-order valence-corrected chi connectivity index (χ0v) is 13.8. The van der Waals surface area contributed by atoms with E-state index < -0.39 is 0 Å². The number of nitrogens with zero attached hydrogens (tertiary/aromatic N) is 1. The average molecular weight is 282 g/mol. The first-order valence-corrected chi connectivity index (χ1v) is 8.52. The molecule has 2 unspecified atom stereocenters.